The Labute approximate surface area is 87.7 Å². The number of methoxy groups -OCH3 is 1. The van der Waals surface area contributed by atoms with E-state index in [1.54, 1.807) is 7.11 Å². The first kappa shape index (κ1) is 11.7. The van der Waals surface area contributed by atoms with Crippen LogP contribution in [0, 0.1) is 5.41 Å². The van der Waals surface area contributed by atoms with Crippen molar-refractivity contribution < 1.29 is 4.74 Å². The molecule has 0 spiro atoms. The summed E-state index contributed by atoms with van der Waals surface area (Å²) in [4.78, 5) is 0. The summed E-state index contributed by atoms with van der Waals surface area (Å²) in [6.45, 7) is 7.35. The molecule has 1 fully saturated rings. The largest absolute Gasteiger partial charge is 0.385 e. The maximum Gasteiger partial charge on any atom is 0.0468 e. The second-order valence-electron chi connectivity index (χ2n) is 4.66. The molecule has 1 aliphatic rings. The van der Waals surface area contributed by atoms with Crippen molar-refractivity contribution in [2.24, 2.45) is 5.41 Å². The van der Waals surface area contributed by atoms with Gasteiger partial charge in [0.2, 0.25) is 0 Å². The van der Waals surface area contributed by atoms with E-state index in [0.29, 0.717) is 5.41 Å². The monoisotopic (exact) mass is 197 g/mol. The van der Waals surface area contributed by atoms with Crippen molar-refractivity contribution >= 4 is 0 Å². The van der Waals surface area contributed by atoms with E-state index >= 15 is 0 Å². The van der Waals surface area contributed by atoms with Crippen LogP contribution in [0.5, 0.6) is 0 Å². The lowest BCUT2D eigenvalue weighted by atomic mass is 10.0. The van der Waals surface area contributed by atoms with Crippen LogP contribution in [0.15, 0.2) is 11.6 Å². The molecule has 1 N–H and O–H groups in total. The van der Waals surface area contributed by atoms with Crippen molar-refractivity contribution in [1.29, 1.82) is 0 Å². The van der Waals surface area contributed by atoms with E-state index in [1.807, 2.05) is 0 Å². The molecule has 1 saturated carbocycles. The van der Waals surface area contributed by atoms with Crippen LogP contribution in [0.1, 0.15) is 33.1 Å². The molecule has 0 atom stereocenters. The molecular formula is C12H23NO. The van der Waals surface area contributed by atoms with Crippen LogP contribution in [0.2, 0.25) is 0 Å². The number of allylic oxidation sites excluding steroid dienone is 1. The molecule has 0 aromatic carbocycles. The minimum Gasteiger partial charge on any atom is -0.385 e. The van der Waals surface area contributed by atoms with Crippen molar-refractivity contribution in [3.8, 4) is 0 Å². The summed E-state index contributed by atoms with van der Waals surface area (Å²) >= 11 is 0. The van der Waals surface area contributed by atoms with Gasteiger partial charge in [-0.25, -0.2) is 0 Å². The fourth-order valence-electron chi connectivity index (χ4n) is 1.62. The third-order valence-electron chi connectivity index (χ3n) is 2.95. The number of rotatable bonds is 7. The molecule has 2 heteroatoms. The number of hydrogen-bond acceptors (Lipinski definition) is 2. The second kappa shape index (κ2) is 5.52. The van der Waals surface area contributed by atoms with Gasteiger partial charge >= 0.3 is 0 Å². The maximum absolute atomic E-state index is 5.12. The van der Waals surface area contributed by atoms with Crippen molar-refractivity contribution in [1.82, 2.24) is 5.32 Å². The Hall–Kier alpha value is -0.340. The van der Waals surface area contributed by atoms with Gasteiger partial charge in [0.25, 0.3) is 0 Å². The molecule has 0 heterocycles. The highest BCUT2D eigenvalue weighted by atomic mass is 16.5. The smallest absolute Gasteiger partial charge is 0.0468 e. The standard InChI is InChI=1S/C12H23NO/c1-11(2)4-8-13-10-12(5-6-12)7-9-14-3/h4,13H,5-10H2,1-3H3. The van der Waals surface area contributed by atoms with E-state index in [4.69, 9.17) is 4.74 Å². The highest BCUT2D eigenvalue weighted by Crippen LogP contribution is 2.48. The lowest BCUT2D eigenvalue weighted by Gasteiger charge is -2.14. The quantitative estimate of drug-likeness (QED) is 0.500. The molecule has 0 aromatic rings. The molecule has 0 bridgehead atoms. The normalized spacial score (nSPS) is 17.9. The summed E-state index contributed by atoms with van der Waals surface area (Å²) < 4.78 is 5.12. The molecule has 0 aromatic heterocycles. The lowest BCUT2D eigenvalue weighted by Crippen LogP contribution is -2.25. The van der Waals surface area contributed by atoms with Gasteiger partial charge in [-0.15, -0.1) is 0 Å². The van der Waals surface area contributed by atoms with Crippen molar-refractivity contribution in [2.45, 2.75) is 33.1 Å². The summed E-state index contributed by atoms with van der Waals surface area (Å²) in [5.41, 5.74) is 1.96. The predicted octanol–water partition coefficient (Wildman–Crippen LogP) is 2.36. The Morgan fingerprint density at radius 3 is 2.64 bits per heavy atom. The Morgan fingerprint density at radius 2 is 2.14 bits per heavy atom. The van der Waals surface area contributed by atoms with E-state index in [9.17, 15) is 0 Å². The molecule has 0 unspecified atom stereocenters. The van der Waals surface area contributed by atoms with Crippen LogP contribution in [-0.4, -0.2) is 26.8 Å². The van der Waals surface area contributed by atoms with Crippen LogP contribution in [-0.2, 0) is 4.74 Å². The van der Waals surface area contributed by atoms with Gasteiger partial charge in [0.05, 0.1) is 0 Å². The lowest BCUT2D eigenvalue weighted by molar-refractivity contribution is 0.171. The zero-order chi connectivity index (χ0) is 10.4. The van der Waals surface area contributed by atoms with Crippen LogP contribution >= 0.6 is 0 Å². The molecule has 0 radical (unpaired) electrons. The first-order valence-corrected chi connectivity index (χ1v) is 5.52. The van der Waals surface area contributed by atoms with E-state index < -0.39 is 0 Å². The summed E-state index contributed by atoms with van der Waals surface area (Å²) in [6.07, 6.45) is 6.20. The van der Waals surface area contributed by atoms with Gasteiger partial charge in [-0.1, -0.05) is 11.6 Å². The summed E-state index contributed by atoms with van der Waals surface area (Å²) in [7, 11) is 1.78. The second-order valence-corrected chi connectivity index (χ2v) is 4.66. The third-order valence-corrected chi connectivity index (χ3v) is 2.95. The Balaban J connectivity index is 2.08. The van der Waals surface area contributed by atoms with Gasteiger partial charge < -0.3 is 10.1 Å². The van der Waals surface area contributed by atoms with E-state index in [1.165, 1.54) is 24.8 Å². The fourth-order valence-corrected chi connectivity index (χ4v) is 1.62. The topological polar surface area (TPSA) is 21.3 Å². The summed E-state index contributed by atoms with van der Waals surface area (Å²) in [6, 6.07) is 0. The number of ether oxygens (including phenoxy) is 1. The van der Waals surface area contributed by atoms with Crippen LogP contribution < -0.4 is 5.32 Å². The average molecular weight is 197 g/mol. The SMILES string of the molecule is COCCC1(CNCC=C(C)C)CC1. The van der Waals surface area contributed by atoms with Crippen LogP contribution in [0.25, 0.3) is 0 Å². The zero-order valence-corrected chi connectivity index (χ0v) is 9.73. The molecule has 1 rings (SSSR count). The molecule has 82 valence electrons. The van der Waals surface area contributed by atoms with Crippen molar-refractivity contribution in [2.75, 3.05) is 26.8 Å². The van der Waals surface area contributed by atoms with E-state index in [-0.39, 0.29) is 0 Å². The minimum absolute atomic E-state index is 0.575. The van der Waals surface area contributed by atoms with Crippen LogP contribution in [0.3, 0.4) is 0 Å². The van der Waals surface area contributed by atoms with Gasteiger partial charge in [0.1, 0.15) is 0 Å². The van der Waals surface area contributed by atoms with Gasteiger partial charge in [0.15, 0.2) is 0 Å². The molecular weight excluding hydrogens is 174 g/mol. The highest BCUT2D eigenvalue weighted by molar-refractivity contribution is 4.98. The Morgan fingerprint density at radius 1 is 1.43 bits per heavy atom. The van der Waals surface area contributed by atoms with Crippen molar-refractivity contribution in [3.63, 3.8) is 0 Å². The fraction of sp³-hybridized carbons (Fsp3) is 0.833. The molecule has 2 nitrogen and oxygen atoms in total. The Bertz CT molecular complexity index is 190. The average Bonchev–Trinajstić information content (AvgIpc) is 2.90. The van der Waals surface area contributed by atoms with Crippen LogP contribution in [0.4, 0.5) is 0 Å². The minimum atomic E-state index is 0.575. The van der Waals surface area contributed by atoms with Gasteiger partial charge in [0, 0.05) is 26.8 Å². The molecule has 0 saturated heterocycles. The first-order chi connectivity index (χ1) is 6.68. The summed E-state index contributed by atoms with van der Waals surface area (Å²) in [5.74, 6) is 0. The van der Waals surface area contributed by atoms with E-state index in [0.717, 1.165) is 19.7 Å². The van der Waals surface area contributed by atoms with Gasteiger partial charge in [-0.05, 0) is 38.5 Å². The first-order valence-electron chi connectivity index (χ1n) is 5.52. The van der Waals surface area contributed by atoms with Crippen molar-refractivity contribution in [3.05, 3.63) is 11.6 Å². The maximum atomic E-state index is 5.12. The number of nitrogens with one attached hydrogen (secondary N) is 1. The predicted molar refractivity (Wildman–Crippen MR) is 60.5 cm³/mol. The third kappa shape index (κ3) is 4.25. The zero-order valence-electron chi connectivity index (χ0n) is 9.73. The Kier molecular flexibility index (Phi) is 4.63. The van der Waals surface area contributed by atoms with Gasteiger partial charge in [-0.2, -0.15) is 0 Å². The highest BCUT2D eigenvalue weighted by Gasteiger charge is 2.41. The van der Waals surface area contributed by atoms with E-state index in [2.05, 4.69) is 25.2 Å². The number of hydrogen-bond donors (Lipinski definition) is 1. The molecule has 1 aliphatic carbocycles. The molecule has 14 heavy (non-hydrogen) atoms. The molecule has 0 aliphatic heterocycles. The van der Waals surface area contributed by atoms with Gasteiger partial charge in [-0.3, -0.25) is 0 Å². The summed E-state index contributed by atoms with van der Waals surface area (Å²) in [5, 5.41) is 3.50. The molecule has 0 amide bonds.